The first-order valence-electron chi connectivity index (χ1n) is 13.9. The number of aromatic nitrogens is 1. The fourth-order valence-corrected chi connectivity index (χ4v) is 8.87. The van der Waals surface area contributed by atoms with Crippen LogP contribution in [0.15, 0.2) is 24.4 Å². The lowest BCUT2D eigenvalue weighted by molar-refractivity contribution is -0.116. The number of hydrogen-bond acceptors (Lipinski definition) is 5. The molecule has 1 aromatic carbocycles. The maximum Gasteiger partial charge on any atom is 0.226 e. The highest BCUT2D eigenvalue weighted by Gasteiger charge is 2.64. The second-order valence-corrected chi connectivity index (χ2v) is 13.1. The van der Waals surface area contributed by atoms with E-state index in [1.807, 2.05) is 6.92 Å². The Kier molecular flexibility index (Phi) is 7.21. The smallest absolute Gasteiger partial charge is 0.226 e. The molecule has 2 N–H and O–H groups in total. The van der Waals surface area contributed by atoms with Crippen molar-refractivity contribution in [3.63, 3.8) is 0 Å². The molecule has 2 saturated carbocycles. The Labute approximate surface area is 220 Å². The molecule has 2 aromatic rings. The summed E-state index contributed by atoms with van der Waals surface area (Å²) in [4.78, 5) is 18.2. The van der Waals surface area contributed by atoms with E-state index in [0.717, 1.165) is 68.4 Å². The molecule has 6 unspecified atom stereocenters. The van der Waals surface area contributed by atoms with Crippen molar-refractivity contribution in [1.29, 1.82) is 0 Å². The fraction of sp³-hybridized carbons (Fsp3) is 0.667. The van der Waals surface area contributed by atoms with Gasteiger partial charge >= 0.3 is 0 Å². The lowest BCUT2D eigenvalue weighted by atomic mass is 9.51. The molecule has 5 rings (SSSR count). The van der Waals surface area contributed by atoms with Crippen molar-refractivity contribution in [2.75, 3.05) is 12.4 Å². The van der Waals surface area contributed by atoms with Gasteiger partial charge in [-0.1, -0.05) is 32.8 Å². The number of benzene rings is 1. The molecule has 1 heterocycles. The van der Waals surface area contributed by atoms with Crippen molar-refractivity contribution >= 4 is 22.4 Å². The van der Waals surface area contributed by atoms with Gasteiger partial charge in [0.25, 0.3) is 0 Å². The summed E-state index contributed by atoms with van der Waals surface area (Å²) in [6.07, 6.45) is 11.4. The summed E-state index contributed by atoms with van der Waals surface area (Å²) in [6, 6.07) is 6.64. The molecule has 1 amide bonds. The predicted octanol–water partition coefficient (Wildman–Crippen LogP) is 6.88. The number of thiazole rings is 1. The van der Waals surface area contributed by atoms with Crippen molar-refractivity contribution in [1.82, 2.24) is 4.98 Å². The van der Waals surface area contributed by atoms with Crippen LogP contribution >= 0.6 is 11.3 Å². The van der Waals surface area contributed by atoms with Gasteiger partial charge in [0.15, 0.2) is 5.13 Å². The largest absolute Gasteiger partial charge is 0.497 e. The summed E-state index contributed by atoms with van der Waals surface area (Å²) in [7, 11) is 1.74. The number of hydrogen-bond donors (Lipinski definition) is 2. The van der Waals surface area contributed by atoms with Crippen LogP contribution in [0.4, 0.5) is 5.13 Å². The summed E-state index contributed by atoms with van der Waals surface area (Å²) in [5.41, 5.74) is 2.22. The molecular weight excluding hydrogens is 468 g/mol. The van der Waals surface area contributed by atoms with Gasteiger partial charge in [-0.25, -0.2) is 4.98 Å². The van der Waals surface area contributed by atoms with E-state index in [9.17, 15) is 9.90 Å². The average molecular weight is 511 g/mol. The Morgan fingerprint density at radius 2 is 2.17 bits per heavy atom. The van der Waals surface area contributed by atoms with Crippen molar-refractivity contribution in [2.24, 2.45) is 23.2 Å². The molecular formula is C30H42N2O3S. The van der Waals surface area contributed by atoms with Crippen LogP contribution in [0.1, 0.15) is 93.6 Å². The highest BCUT2D eigenvalue weighted by molar-refractivity contribution is 7.15. The fourth-order valence-electron chi connectivity index (χ4n) is 8.19. The van der Waals surface area contributed by atoms with Crippen LogP contribution in [0.2, 0.25) is 0 Å². The lowest BCUT2D eigenvalue weighted by Crippen LogP contribution is -2.51. The molecule has 0 aliphatic heterocycles. The van der Waals surface area contributed by atoms with Gasteiger partial charge in [-0.05, 0) is 104 Å². The third-order valence-corrected chi connectivity index (χ3v) is 10.7. The normalized spacial score (nSPS) is 32.9. The third-order valence-electron chi connectivity index (χ3n) is 9.91. The van der Waals surface area contributed by atoms with E-state index in [2.05, 4.69) is 42.3 Å². The predicted molar refractivity (Wildman–Crippen MR) is 146 cm³/mol. The van der Waals surface area contributed by atoms with E-state index in [-0.39, 0.29) is 11.3 Å². The molecule has 2 fully saturated rings. The minimum absolute atomic E-state index is 0.0449. The molecule has 0 saturated heterocycles. The van der Waals surface area contributed by atoms with Crippen LogP contribution in [-0.2, 0) is 11.2 Å². The first-order chi connectivity index (χ1) is 17.3. The molecule has 6 heteroatoms. The van der Waals surface area contributed by atoms with E-state index < -0.39 is 5.60 Å². The van der Waals surface area contributed by atoms with Crippen molar-refractivity contribution in [2.45, 2.75) is 96.5 Å². The Morgan fingerprint density at radius 3 is 2.89 bits per heavy atom. The standard InChI is InChI=1S/C30H42N2O3S/c1-5-6-14-30(34)17-21(8-12-26(33)32-28-31-18-19(2)36-28)27-25-10-7-20-16-22(35-4)9-11-23(20)24(25)13-15-29(27,30)3/h9,11,16,18,21,24-25,27,34H,5-8,10,12-15,17H2,1-4H3,(H,31,32,33). The average Bonchev–Trinajstić information content (AvgIpc) is 3.38. The zero-order valence-electron chi connectivity index (χ0n) is 22.3. The number of fused-ring (bicyclic) bond motifs is 5. The van der Waals surface area contributed by atoms with Gasteiger partial charge in [-0.2, -0.15) is 0 Å². The maximum absolute atomic E-state index is 12.8. The molecule has 3 aliphatic rings. The Hall–Kier alpha value is -1.92. The van der Waals surface area contributed by atoms with Gasteiger partial charge in [-0.15, -0.1) is 11.3 Å². The van der Waals surface area contributed by atoms with E-state index in [1.165, 1.54) is 22.5 Å². The minimum atomic E-state index is -0.633. The van der Waals surface area contributed by atoms with Crippen molar-refractivity contribution < 1.29 is 14.6 Å². The molecule has 6 atom stereocenters. The second-order valence-electron chi connectivity index (χ2n) is 11.8. The van der Waals surface area contributed by atoms with Gasteiger partial charge in [0.2, 0.25) is 5.91 Å². The number of nitrogens with one attached hydrogen (secondary N) is 1. The molecule has 196 valence electrons. The molecule has 0 radical (unpaired) electrons. The van der Waals surface area contributed by atoms with E-state index in [0.29, 0.717) is 35.2 Å². The number of methoxy groups -OCH3 is 1. The molecule has 1 aromatic heterocycles. The van der Waals surface area contributed by atoms with Crippen LogP contribution in [0.3, 0.4) is 0 Å². The van der Waals surface area contributed by atoms with E-state index in [1.54, 1.807) is 13.3 Å². The summed E-state index contributed by atoms with van der Waals surface area (Å²) in [5, 5.41) is 15.9. The molecule has 0 bridgehead atoms. The zero-order chi connectivity index (χ0) is 25.5. The van der Waals surface area contributed by atoms with Crippen LogP contribution in [0.5, 0.6) is 5.75 Å². The van der Waals surface area contributed by atoms with Gasteiger partial charge in [0.05, 0.1) is 12.7 Å². The summed E-state index contributed by atoms with van der Waals surface area (Å²) in [6.45, 7) is 6.59. The van der Waals surface area contributed by atoms with Crippen LogP contribution in [0.25, 0.3) is 0 Å². The van der Waals surface area contributed by atoms with Crippen LogP contribution < -0.4 is 10.1 Å². The highest BCUT2D eigenvalue weighted by Crippen LogP contribution is 2.67. The first kappa shape index (κ1) is 25.7. The third kappa shape index (κ3) is 4.49. The van der Waals surface area contributed by atoms with Crippen LogP contribution in [-0.4, -0.2) is 28.7 Å². The Bertz CT molecular complexity index is 1100. The number of nitrogens with zero attached hydrogens (tertiary/aromatic N) is 1. The van der Waals surface area contributed by atoms with E-state index >= 15 is 0 Å². The number of ether oxygens (including phenoxy) is 1. The highest BCUT2D eigenvalue weighted by atomic mass is 32.1. The van der Waals surface area contributed by atoms with Crippen molar-refractivity contribution in [3.8, 4) is 5.75 Å². The topological polar surface area (TPSA) is 71.5 Å². The van der Waals surface area contributed by atoms with Crippen LogP contribution in [0, 0.1) is 30.1 Å². The molecule has 0 spiro atoms. The lowest BCUT2D eigenvalue weighted by Gasteiger charge is -2.54. The quantitative estimate of drug-likeness (QED) is 0.406. The number of carbonyl (C=O) groups is 1. The molecule has 36 heavy (non-hydrogen) atoms. The van der Waals surface area contributed by atoms with E-state index in [4.69, 9.17) is 4.74 Å². The van der Waals surface area contributed by atoms with Gasteiger partial charge < -0.3 is 15.2 Å². The number of amides is 1. The SMILES string of the molecule is CCCCC1(O)CC(CCC(=O)Nc2ncc(C)s2)C2C3CCc4cc(OC)ccc4C3CCC21C. The zero-order valence-corrected chi connectivity index (χ0v) is 23.1. The van der Waals surface area contributed by atoms with Gasteiger partial charge in [0, 0.05) is 17.5 Å². The number of anilines is 1. The molecule has 3 aliphatic carbocycles. The number of carbonyl (C=O) groups excluding carboxylic acids is 1. The molecule has 5 nitrogen and oxygen atoms in total. The summed E-state index contributed by atoms with van der Waals surface area (Å²) in [5.74, 6) is 2.91. The summed E-state index contributed by atoms with van der Waals surface area (Å²) >= 11 is 1.52. The minimum Gasteiger partial charge on any atom is -0.497 e. The number of unbranched alkanes of at least 4 members (excludes halogenated alkanes) is 1. The summed E-state index contributed by atoms with van der Waals surface area (Å²) < 4.78 is 5.51. The maximum atomic E-state index is 12.8. The Balaban J connectivity index is 1.39. The monoisotopic (exact) mass is 510 g/mol. The Morgan fingerprint density at radius 1 is 1.33 bits per heavy atom. The second kappa shape index (κ2) is 10.1. The van der Waals surface area contributed by atoms with Gasteiger partial charge in [0.1, 0.15) is 5.75 Å². The van der Waals surface area contributed by atoms with Gasteiger partial charge in [-0.3, -0.25) is 4.79 Å². The number of rotatable bonds is 8. The van der Waals surface area contributed by atoms with Crippen molar-refractivity contribution in [3.05, 3.63) is 40.4 Å². The first-order valence-corrected chi connectivity index (χ1v) is 14.7. The number of aryl methyl sites for hydroxylation is 2. The number of aliphatic hydroxyl groups is 1.